The molecule has 0 bridgehead atoms. The normalized spacial score (nSPS) is 8.12. The van der Waals surface area contributed by atoms with E-state index in [9.17, 15) is 0 Å². The molecule has 1 heterocycles. The van der Waals surface area contributed by atoms with Crippen LogP contribution in [-0.4, -0.2) is 4.57 Å². The van der Waals surface area contributed by atoms with Gasteiger partial charge < -0.3 is 4.57 Å². The first kappa shape index (κ1) is 8.16. The van der Waals surface area contributed by atoms with E-state index in [4.69, 9.17) is 5.41 Å². The van der Waals surface area contributed by atoms with Gasteiger partial charge >= 0.3 is 0 Å². The number of rotatable bonds is 0. The van der Waals surface area contributed by atoms with Gasteiger partial charge in [-0.3, -0.25) is 5.41 Å². The average Bonchev–Trinajstić information content (AvgIpc) is 1.91. The molecule has 0 aliphatic heterocycles. The molecule has 0 spiro atoms. The number of hydrogen-bond donors (Lipinski definition) is 1. The molecule has 1 rings (SSSR count). The number of halogens is 1. The summed E-state index contributed by atoms with van der Waals surface area (Å²) in [4.78, 5) is 0.597. The fraction of sp³-hybridized carbons (Fsp3) is 0.250. The first-order chi connectivity index (χ1) is 3.30. The van der Waals surface area contributed by atoms with Gasteiger partial charge in [0, 0.05) is 18.6 Å². The van der Waals surface area contributed by atoms with E-state index in [0.717, 1.165) is 0 Å². The van der Waals surface area contributed by atoms with Crippen molar-refractivity contribution in [3.63, 3.8) is 0 Å². The van der Waals surface area contributed by atoms with Crippen LogP contribution in [-0.2, 0) is 7.05 Å². The molecular formula is C4H7IN2S. The van der Waals surface area contributed by atoms with Crippen molar-refractivity contribution >= 4 is 35.3 Å². The zero-order chi connectivity index (χ0) is 5.28. The Hall–Kier alpha value is 0.160. The molecule has 0 amide bonds. The molecule has 4 heteroatoms. The van der Waals surface area contributed by atoms with Crippen LogP contribution in [0, 0.1) is 5.41 Å². The van der Waals surface area contributed by atoms with Crippen molar-refractivity contribution in [3.8, 4) is 0 Å². The number of hydrogen-bond acceptors (Lipinski definition) is 2. The lowest BCUT2D eigenvalue weighted by atomic mass is 10.9. The largest absolute Gasteiger partial charge is 0.327 e. The lowest BCUT2D eigenvalue weighted by Gasteiger charge is -1.79. The highest BCUT2D eigenvalue weighted by atomic mass is 127. The monoisotopic (exact) mass is 242 g/mol. The fourth-order valence-electron chi connectivity index (χ4n) is 0.337. The maximum absolute atomic E-state index is 7.08. The number of thiazole rings is 1. The molecule has 0 aliphatic rings. The van der Waals surface area contributed by atoms with Crippen LogP contribution in [0.2, 0.25) is 0 Å². The second kappa shape index (κ2) is 3.24. The summed E-state index contributed by atoms with van der Waals surface area (Å²) in [6.07, 6.45) is 1.87. The van der Waals surface area contributed by atoms with Gasteiger partial charge in [-0.25, -0.2) is 0 Å². The second-order valence-corrected chi connectivity index (χ2v) is 2.21. The van der Waals surface area contributed by atoms with E-state index in [1.54, 1.807) is 4.57 Å². The van der Waals surface area contributed by atoms with Crippen molar-refractivity contribution in [2.24, 2.45) is 7.05 Å². The van der Waals surface area contributed by atoms with Crippen molar-refractivity contribution in [1.82, 2.24) is 4.57 Å². The van der Waals surface area contributed by atoms with Crippen molar-refractivity contribution < 1.29 is 0 Å². The van der Waals surface area contributed by atoms with Crippen LogP contribution < -0.4 is 4.80 Å². The minimum Gasteiger partial charge on any atom is -0.327 e. The average molecular weight is 242 g/mol. The minimum absolute atomic E-state index is 0. The SMILES string of the molecule is Cn1ccsc1=N.I. The summed E-state index contributed by atoms with van der Waals surface area (Å²) in [5, 5.41) is 8.97. The second-order valence-electron chi connectivity index (χ2n) is 1.32. The lowest BCUT2D eigenvalue weighted by Crippen LogP contribution is -2.05. The Bertz CT molecular complexity index is 202. The van der Waals surface area contributed by atoms with E-state index in [2.05, 4.69) is 0 Å². The van der Waals surface area contributed by atoms with Gasteiger partial charge in [0.05, 0.1) is 0 Å². The highest BCUT2D eigenvalue weighted by Crippen LogP contribution is 1.82. The van der Waals surface area contributed by atoms with Crippen LogP contribution in [0.3, 0.4) is 0 Å². The quantitative estimate of drug-likeness (QED) is 0.662. The summed E-state index contributed by atoms with van der Waals surface area (Å²) in [5.41, 5.74) is 0. The summed E-state index contributed by atoms with van der Waals surface area (Å²) in [6, 6.07) is 0. The third-order valence-electron chi connectivity index (χ3n) is 0.784. The maximum Gasteiger partial charge on any atom is 0.181 e. The molecule has 0 aromatic carbocycles. The Morgan fingerprint density at radius 1 is 1.75 bits per heavy atom. The van der Waals surface area contributed by atoms with Gasteiger partial charge in [0.15, 0.2) is 4.80 Å². The van der Waals surface area contributed by atoms with Crippen LogP contribution in [0.1, 0.15) is 0 Å². The summed E-state index contributed by atoms with van der Waals surface area (Å²) in [6.45, 7) is 0. The molecule has 2 nitrogen and oxygen atoms in total. The molecule has 0 atom stereocenters. The van der Waals surface area contributed by atoms with Gasteiger partial charge in [-0.15, -0.1) is 35.3 Å². The maximum atomic E-state index is 7.08. The zero-order valence-electron chi connectivity index (χ0n) is 4.42. The van der Waals surface area contributed by atoms with E-state index < -0.39 is 0 Å². The third-order valence-corrected chi connectivity index (χ3v) is 1.55. The molecular weight excluding hydrogens is 235 g/mol. The predicted molar refractivity (Wildman–Crippen MR) is 44.6 cm³/mol. The molecule has 0 saturated heterocycles. The first-order valence-corrected chi connectivity index (χ1v) is 2.83. The number of aryl methyl sites for hydroxylation is 1. The van der Waals surface area contributed by atoms with Gasteiger partial charge in [-0.1, -0.05) is 0 Å². The molecule has 0 fully saturated rings. The zero-order valence-corrected chi connectivity index (χ0v) is 7.57. The van der Waals surface area contributed by atoms with Gasteiger partial charge in [-0.2, -0.15) is 0 Å². The Morgan fingerprint density at radius 3 is 2.50 bits per heavy atom. The number of aromatic nitrogens is 1. The molecule has 1 aromatic heterocycles. The van der Waals surface area contributed by atoms with Crippen molar-refractivity contribution in [1.29, 1.82) is 5.41 Å². The fourth-order valence-corrected chi connectivity index (χ4v) is 0.936. The summed E-state index contributed by atoms with van der Waals surface area (Å²) < 4.78 is 1.77. The number of nitrogens with zero attached hydrogens (tertiary/aromatic N) is 1. The highest BCUT2D eigenvalue weighted by Gasteiger charge is 1.78. The minimum atomic E-state index is 0. The molecule has 0 unspecified atom stereocenters. The number of nitrogens with one attached hydrogen (secondary N) is 1. The lowest BCUT2D eigenvalue weighted by molar-refractivity contribution is 0.857. The van der Waals surface area contributed by atoms with Crippen LogP contribution in [0.4, 0.5) is 0 Å². The Kier molecular flexibility index (Phi) is 3.30. The van der Waals surface area contributed by atoms with E-state index >= 15 is 0 Å². The third kappa shape index (κ3) is 1.59. The Morgan fingerprint density at radius 2 is 2.38 bits per heavy atom. The molecule has 1 aromatic rings. The smallest absolute Gasteiger partial charge is 0.181 e. The van der Waals surface area contributed by atoms with Gasteiger partial charge in [0.25, 0.3) is 0 Å². The van der Waals surface area contributed by atoms with Crippen LogP contribution >= 0.6 is 35.3 Å². The molecule has 0 aliphatic carbocycles. The van der Waals surface area contributed by atoms with E-state index in [1.165, 1.54) is 11.3 Å². The Balaban J connectivity index is 0.000000490. The molecule has 8 heavy (non-hydrogen) atoms. The van der Waals surface area contributed by atoms with Gasteiger partial charge in [0.1, 0.15) is 0 Å². The summed E-state index contributed by atoms with van der Waals surface area (Å²) in [5.74, 6) is 0. The van der Waals surface area contributed by atoms with Crippen LogP contribution in [0.25, 0.3) is 0 Å². The first-order valence-electron chi connectivity index (χ1n) is 1.95. The topological polar surface area (TPSA) is 28.8 Å². The van der Waals surface area contributed by atoms with Crippen LogP contribution in [0.5, 0.6) is 0 Å². The van der Waals surface area contributed by atoms with Gasteiger partial charge in [0.2, 0.25) is 0 Å². The van der Waals surface area contributed by atoms with E-state index in [-0.39, 0.29) is 24.0 Å². The molecule has 0 radical (unpaired) electrons. The van der Waals surface area contributed by atoms with E-state index in [1.807, 2.05) is 18.6 Å². The van der Waals surface area contributed by atoms with E-state index in [0.29, 0.717) is 4.80 Å². The molecule has 1 N–H and O–H groups in total. The molecule has 0 saturated carbocycles. The Labute approximate surface area is 68.7 Å². The highest BCUT2D eigenvalue weighted by molar-refractivity contribution is 14.0. The summed E-state index contributed by atoms with van der Waals surface area (Å²) in [7, 11) is 1.86. The van der Waals surface area contributed by atoms with Crippen molar-refractivity contribution in [2.75, 3.05) is 0 Å². The standard InChI is InChI=1S/C4H6N2S.HI/c1-6-2-3-7-4(6)5;/h2-3,5H,1H3;1H. The predicted octanol–water partition coefficient (Wildman–Crippen LogP) is 1.18. The summed E-state index contributed by atoms with van der Waals surface area (Å²) >= 11 is 1.43. The van der Waals surface area contributed by atoms with Crippen molar-refractivity contribution in [3.05, 3.63) is 16.4 Å². The molecule has 46 valence electrons. The van der Waals surface area contributed by atoms with Crippen molar-refractivity contribution in [2.45, 2.75) is 0 Å². The van der Waals surface area contributed by atoms with Gasteiger partial charge in [-0.05, 0) is 0 Å². The van der Waals surface area contributed by atoms with Crippen LogP contribution in [0.15, 0.2) is 11.6 Å².